The maximum atomic E-state index is 6.13. The highest BCUT2D eigenvalue weighted by atomic mass is 35.5. The first-order valence-electron chi connectivity index (χ1n) is 7.26. The minimum absolute atomic E-state index is 0.185. The standard InChI is InChI=1S/C17H20Cl2N2/c1-3-12-5-7-14(21-11-12)10-17(20-4-2)13-6-8-15(18)16(19)9-13/h5-9,11,17,20H,3-4,10H2,1-2H3. The Morgan fingerprint density at radius 2 is 1.90 bits per heavy atom. The lowest BCUT2D eigenvalue weighted by atomic mass is 10.0. The van der Waals surface area contributed by atoms with Gasteiger partial charge in [-0.2, -0.15) is 0 Å². The molecule has 0 aliphatic heterocycles. The third kappa shape index (κ3) is 4.44. The summed E-state index contributed by atoms with van der Waals surface area (Å²) in [5.74, 6) is 0. The van der Waals surface area contributed by atoms with Crippen molar-refractivity contribution in [1.82, 2.24) is 10.3 Å². The second-order valence-electron chi connectivity index (χ2n) is 5.00. The highest BCUT2D eigenvalue weighted by molar-refractivity contribution is 6.42. The van der Waals surface area contributed by atoms with Crippen LogP contribution in [0.5, 0.6) is 0 Å². The van der Waals surface area contributed by atoms with Crippen molar-refractivity contribution in [2.45, 2.75) is 32.7 Å². The molecule has 112 valence electrons. The fraction of sp³-hybridized carbons (Fsp3) is 0.353. The van der Waals surface area contributed by atoms with Crippen molar-refractivity contribution in [3.8, 4) is 0 Å². The first-order valence-corrected chi connectivity index (χ1v) is 8.01. The van der Waals surface area contributed by atoms with Crippen molar-refractivity contribution in [1.29, 1.82) is 0 Å². The fourth-order valence-corrected chi connectivity index (χ4v) is 2.58. The Balaban J connectivity index is 2.19. The molecule has 0 spiro atoms. The molecule has 2 aromatic rings. The first-order chi connectivity index (χ1) is 10.1. The van der Waals surface area contributed by atoms with Crippen LogP contribution in [0.1, 0.15) is 36.7 Å². The topological polar surface area (TPSA) is 24.9 Å². The molecule has 4 heteroatoms. The quantitative estimate of drug-likeness (QED) is 0.822. The third-order valence-electron chi connectivity index (χ3n) is 3.50. The minimum atomic E-state index is 0.185. The molecule has 1 heterocycles. The number of hydrogen-bond acceptors (Lipinski definition) is 2. The zero-order chi connectivity index (χ0) is 15.2. The van der Waals surface area contributed by atoms with Crippen molar-refractivity contribution in [3.05, 3.63) is 63.4 Å². The summed E-state index contributed by atoms with van der Waals surface area (Å²) in [7, 11) is 0. The summed E-state index contributed by atoms with van der Waals surface area (Å²) in [4.78, 5) is 4.54. The van der Waals surface area contributed by atoms with Crippen molar-refractivity contribution in [2.24, 2.45) is 0 Å². The molecule has 1 unspecified atom stereocenters. The SMILES string of the molecule is CCNC(Cc1ccc(CC)cn1)c1ccc(Cl)c(Cl)c1. The highest BCUT2D eigenvalue weighted by Crippen LogP contribution is 2.27. The van der Waals surface area contributed by atoms with Gasteiger partial charge in [0.1, 0.15) is 0 Å². The maximum Gasteiger partial charge on any atom is 0.0595 e. The zero-order valence-corrected chi connectivity index (χ0v) is 13.9. The normalized spacial score (nSPS) is 12.4. The van der Waals surface area contributed by atoms with Crippen LogP contribution in [0.25, 0.3) is 0 Å². The molecular formula is C17H20Cl2N2. The number of halogens is 2. The summed E-state index contributed by atoms with van der Waals surface area (Å²) in [6, 6.07) is 10.2. The van der Waals surface area contributed by atoms with Gasteiger partial charge in [0.2, 0.25) is 0 Å². The van der Waals surface area contributed by atoms with E-state index in [1.807, 2.05) is 24.4 Å². The van der Waals surface area contributed by atoms with Crippen LogP contribution in [0.3, 0.4) is 0 Å². The second kappa shape index (κ2) is 7.79. The Morgan fingerprint density at radius 1 is 1.10 bits per heavy atom. The van der Waals surface area contributed by atoms with E-state index in [9.17, 15) is 0 Å². The molecule has 0 aliphatic carbocycles. The van der Waals surface area contributed by atoms with Gasteiger partial charge in [-0.25, -0.2) is 0 Å². The smallest absolute Gasteiger partial charge is 0.0595 e. The van der Waals surface area contributed by atoms with E-state index in [-0.39, 0.29) is 6.04 Å². The molecule has 2 rings (SSSR count). The molecule has 0 radical (unpaired) electrons. The van der Waals surface area contributed by atoms with Gasteiger partial charge in [0.05, 0.1) is 10.0 Å². The van der Waals surface area contributed by atoms with E-state index in [4.69, 9.17) is 23.2 Å². The van der Waals surface area contributed by atoms with Gasteiger partial charge in [-0.3, -0.25) is 4.98 Å². The summed E-state index contributed by atoms with van der Waals surface area (Å²) in [6.45, 7) is 5.12. The van der Waals surface area contributed by atoms with Crippen LogP contribution in [-0.4, -0.2) is 11.5 Å². The van der Waals surface area contributed by atoms with E-state index in [0.29, 0.717) is 10.0 Å². The summed E-state index contributed by atoms with van der Waals surface area (Å²) < 4.78 is 0. The molecule has 0 amide bonds. The molecule has 0 saturated heterocycles. The number of hydrogen-bond donors (Lipinski definition) is 1. The van der Waals surface area contributed by atoms with E-state index in [2.05, 4.69) is 36.3 Å². The van der Waals surface area contributed by atoms with E-state index < -0.39 is 0 Å². The van der Waals surface area contributed by atoms with Gasteiger partial charge in [0, 0.05) is 24.4 Å². The van der Waals surface area contributed by atoms with E-state index in [0.717, 1.165) is 30.6 Å². The van der Waals surface area contributed by atoms with Crippen molar-refractivity contribution < 1.29 is 0 Å². The molecule has 0 bridgehead atoms. The molecule has 1 N–H and O–H groups in total. The Morgan fingerprint density at radius 3 is 2.48 bits per heavy atom. The van der Waals surface area contributed by atoms with Crippen molar-refractivity contribution >= 4 is 23.2 Å². The zero-order valence-electron chi connectivity index (χ0n) is 12.4. The lowest BCUT2D eigenvalue weighted by Crippen LogP contribution is -2.23. The number of nitrogens with one attached hydrogen (secondary N) is 1. The lowest BCUT2D eigenvalue weighted by molar-refractivity contribution is 0.544. The number of nitrogens with zero attached hydrogens (tertiary/aromatic N) is 1. The number of likely N-dealkylation sites (N-methyl/N-ethyl adjacent to an activating group) is 1. The predicted octanol–water partition coefficient (Wildman–Crippen LogP) is 4.84. The summed E-state index contributed by atoms with van der Waals surface area (Å²) in [5.41, 5.74) is 3.46. The van der Waals surface area contributed by atoms with Gasteiger partial charge >= 0.3 is 0 Å². The van der Waals surface area contributed by atoms with Gasteiger partial charge in [0.15, 0.2) is 0 Å². The van der Waals surface area contributed by atoms with E-state index >= 15 is 0 Å². The van der Waals surface area contributed by atoms with Crippen LogP contribution in [0.4, 0.5) is 0 Å². The average Bonchev–Trinajstić information content (AvgIpc) is 2.50. The van der Waals surface area contributed by atoms with E-state index in [1.54, 1.807) is 0 Å². The van der Waals surface area contributed by atoms with Gasteiger partial charge in [-0.05, 0) is 42.3 Å². The van der Waals surface area contributed by atoms with Gasteiger partial charge in [-0.15, -0.1) is 0 Å². The Kier molecular flexibility index (Phi) is 6.04. The lowest BCUT2D eigenvalue weighted by Gasteiger charge is -2.18. The number of aryl methyl sites for hydroxylation is 1. The molecule has 0 fully saturated rings. The molecule has 0 aliphatic rings. The molecule has 21 heavy (non-hydrogen) atoms. The van der Waals surface area contributed by atoms with Crippen LogP contribution < -0.4 is 5.32 Å². The summed E-state index contributed by atoms with van der Waals surface area (Å²) in [6.07, 6.45) is 3.79. The number of pyridine rings is 1. The third-order valence-corrected chi connectivity index (χ3v) is 4.24. The average molecular weight is 323 g/mol. The largest absolute Gasteiger partial charge is 0.310 e. The van der Waals surface area contributed by atoms with Crippen molar-refractivity contribution in [2.75, 3.05) is 6.54 Å². The van der Waals surface area contributed by atoms with Crippen LogP contribution in [-0.2, 0) is 12.8 Å². The molecule has 0 saturated carbocycles. The molecule has 1 atom stereocenters. The monoisotopic (exact) mass is 322 g/mol. The van der Waals surface area contributed by atoms with Crippen LogP contribution >= 0.6 is 23.2 Å². The van der Waals surface area contributed by atoms with Crippen molar-refractivity contribution in [3.63, 3.8) is 0 Å². The van der Waals surface area contributed by atoms with Crippen LogP contribution in [0.2, 0.25) is 10.0 Å². The maximum absolute atomic E-state index is 6.13. The van der Waals surface area contributed by atoms with Crippen LogP contribution in [0, 0.1) is 0 Å². The number of rotatable bonds is 6. The van der Waals surface area contributed by atoms with Gasteiger partial charge < -0.3 is 5.32 Å². The molecule has 2 nitrogen and oxygen atoms in total. The Labute approximate surface area is 136 Å². The molecule has 1 aromatic heterocycles. The predicted molar refractivity (Wildman–Crippen MR) is 90.2 cm³/mol. The first kappa shape index (κ1) is 16.3. The number of benzene rings is 1. The highest BCUT2D eigenvalue weighted by Gasteiger charge is 2.13. The second-order valence-corrected chi connectivity index (χ2v) is 5.81. The summed E-state index contributed by atoms with van der Waals surface area (Å²) in [5, 5.41) is 4.65. The van der Waals surface area contributed by atoms with Gasteiger partial charge in [0.25, 0.3) is 0 Å². The Hall–Kier alpha value is -1.09. The summed E-state index contributed by atoms with van der Waals surface area (Å²) >= 11 is 12.1. The minimum Gasteiger partial charge on any atom is -0.310 e. The molecular weight excluding hydrogens is 303 g/mol. The fourth-order valence-electron chi connectivity index (χ4n) is 2.28. The molecule has 1 aromatic carbocycles. The van der Waals surface area contributed by atoms with E-state index in [1.165, 1.54) is 5.56 Å². The Bertz CT molecular complexity index is 582. The van der Waals surface area contributed by atoms with Crippen LogP contribution in [0.15, 0.2) is 36.5 Å². The number of aromatic nitrogens is 1. The van der Waals surface area contributed by atoms with Gasteiger partial charge in [-0.1, -0.05) is 49.2 Å².